The van der Waals surface area contributed by atoms with Crippen LogP contribution < -0.4 is 0 Å². The number of methoxy groups -OCH3 is 2. The van der Waals surface area contributed by atoms with E-state index < -0.39 is 13.7 Å². The summed E-state index contributed by atoms with van der Waals surface area (Å²) in [5.41, 5.74) is 0. The molecule has 0 saturated heterocycles. The molecule has 0 heterocycles. The standard InChI is InChI=1S/C4H13O4P/c1-7-4(8-2)9(3,5)6/h4-6,9H,1-3H3. The Bertz CT molecular complexity index is 75.1. The Morgan fingerprint density at radius 3 is 1.56 bits per heavy atom. The zero-order valence-corrected chi connectivity index (χ0v) is 6.79. The second-order valence-corrected chi connectivity index (χ2v) is 4.56. The molecule has 0 aliphatic rings. The van der Waals surface area contributed by atoms with Crippen molar-refractivity contribution in [1.29, 1.82) is 0 Å². The van der Waals surface area contributed by atoms with Crippen molar-refractivity contribution in [3.8, 4) is 0 Å². The summed E-state index contributed by atoms with van der Waals surface area (Å²) in [5, 5.41) is 0. The summed E-state index contributed by atoms with van der Waals surface area (Å²) >= 11 is 0. The molecule has 0 aromatic rings. The van der Waals surface area contributed by atoms with E-state index in [1.54, 1.807) is 0 Å². The molecular weight excluding hydrogens is 143 g/mol. The van der Waals surface area contributed by atoms with Crippen LogP contribution in [0.25, 0.3) is 0 Å². The summed E-state index contributed by atoms with van der Waals surface area (Å²) in [6.07, 6.45) is 0. The molecule has 0 amide bonds. The molecule has 2 N–H and O–H groups in total. The zero-order valence-electron chi connectivity index (χ0n) is 5.79. The fraction of sp³-hybridized carbons (Fsp3) is 1.00. The molecule has 58 valence electrons. The Balaban J connectivity index is 3.79. The summed E-state index contributed by atoms with van der Waals surface area (Å²) in [6.45, 7) is 1.32. The molecule has 0 atom stereocenters. The summed E-state index contributed by atoms with van der Waals surface area (Å²) in [5.74, 6) is 0. The molecule has 5 heteroatoms. The normalized spacial score (nSPS) is 14.4. The zero-order chi connectivity index (χ0) is 7.49. The van der Waals surface area contributed by atoms with Crippen LogP contribution in [0.1, 0.15) is 0 Å². The van der Waals surface area contributed by atoms with Crippen LogP contribution in [0.3, 0.4) is 0 Å². The predicted octanol–water partition coefficient (Wildman–Crippen LogP) is -0.243. The van der Waals surface area contributed by atoms with E-state index in [2.05, 4.69) is 9.47 Å². The van der Waals surface area contributed by atoms with E-state index >= 15 is 0 Å². The van der Waals surface area contributed by atoms with Crippen molar-refractivity contribution in [3.63, 3.8) is 0 Å². The average Bonchev–Trinajstić information content (AvgIpc) is 1.65. The van der Waals surface area contributed by atoms with Crippen LogP contribution in [0.2, 0.25) is 0 Å². The van der Waals surface area contributed by atoms with Gasteiger partial charge in [0.25, 0.3) is 0 Å². The molecular formula is C4H13O4P. The number of hydrogen-bond donors (Lipinski definition) is 2. The van der Waals surface area contributed by atoms with Gasteiger partial charge in [-0.2, -0.15) is 0 Å². The van der Waals surface area contributed by atoms with Gasteiger partial charge in [0.15, 0.2) is 0 Å². The van der Waals surface area contributed by atoms with Gasteiger partial charge in [0.2, 0.25) is 0 Å². The van der Waals surface area contributed by atoms with Crippen LogP contribution in [-0.4, -0.2) is 36.7 Å². The Morgan fingerprint density at radius 1 is 1.22 bits per heavy atom. The fourth-order valence-corrected chi connectivity index (χ4v) is 1.44. The van der Waals surface area contributed by atoms with Crippen LogP contribution in [-0.2, 0) is 9.47 Å². The first kappa shape index (κ1) is 9.27. The van der Waals surface area contributed by atoms with E-state index in [0.717, 1.165) is 0 Å². The van der Waals surface area contributed by atoms with Gasteiger partial charge in [-0.3, -0.25) is 0 Å². The maximum absolute atomic E-state index is 8.92. The molecule has 0 radical (unpaired) electrons. The SMILES string of the molecule is COC(OC)[PH](C)(O)O. The van der Waals surface area contributed by atoms with Gasteiger partial charge >= 0.3 is 53.9 Å². The quantitative estimate of drug-likeness (QED) is 0.437. The molecule has 0 unspecified atom stereocenters. The Kier molecular flexibility index (Phi) is 3.54. The fourth-order valence-electron chi connectivity index (χ4n) is 0.543. The minimum absolute atomic E-state index is 0.850. The predicted molar refractivity (Wildman–Crippen MR) is 36.5 cm³/mol. The number of hydrogen-bond acceptors (Lipinski definition) is 4. The van der Waals surface area contributed by atoms with Crippen LogP contribution in [0, 0.1) is 0 Å². The molecule has 4 nitrogen and oxygen atoms in total. The summed E-state index contributed by atoms with van der Waals surface area (Å²) in [6, 6.07) is -0.850. The second kappa shape index (κ2) is 3.44. The van der Waals surface area contributed by atoms with E-state index in [-0.39, 0.29) is 0 Å². The first-order valence-electron chi connectivity index (χ1n) is 2.52. The number of ether oxygens (including phenoxy) is 2. The monoisotopic (exact) mass is 156 g/mol. The van der Waals surface area contributed by atoms with Crippen molar-refractivity contribution >= 4 is 7.72 Å². The Hall–Kier alpha value is 0.270. The van der Waals surface area contributed by atoms with E-state index in [4.69, 9.17) is 9.79 Å². The van der Waals surface area contributed by atoms with Crippen molar-refractivity contribution in [3.05, 3.63) is 0 Å². The van der Waals surface area contributed by atoms with Crippen LogP contribution in [0.5, 0.6) is 0 Å². The first-order chi connectivity index (χ1) is 4.02. The topological polar surface area (TPSA) is 58.9 Å². The van der Waals surface area contributed by atoms with Crippen molar-refractivity contribution in [2.24, 2.45) is 0 Å². The molecule has 0 saturated carbocycles. The van der Waals surface area contributed by atoms with E-state index in [1.165, 1.54) is 20.9 Å². The van der Waals surface area contributed by atoms with Crippen molar-refractivity contribution in [2.45, 2.75) is 6.03 Å². The Labute approximate surface area is 54.9 Å². The van der Waals surface area contributed by atoms with E-state index in [9.17, 15) is 0 Å². The van der Waals surface area contributed by atoms with E-state index in [1.807, 2.05) is 0 Å². The third-order valence-electron chi connectivity index (χ3n) is 0.875. The maximum atomic E-state index is 8.92. The molecule has 0 bridgehead atoms. The Morgan fingerprint density at radius 2 is 1.56 bits per heavy atom. The van der Waals surface area contributed by atoms with Crippen molar-refractivity contribution in [2.75, 3.05) is 20.9 Å². The van der Waals surface area contributed by atoms with Gasteiger partial charge in [0, 0.05) is 0 Å². The molecule has 0 aromatic carbocycles. The molecule has 0 aliphatic carbocycles. The van der Waals surface area contributed by atoms with Gasteiger partial charge in [-0.05, 0) is 0 Å². The van der Waals surface area contributed by atoms with Gasteiger partial charge in [-0.1, -0.05) is 0 Å². The number of rotatable bonds is 3. The van der Waals surface area contributed by atoms with Crippen molar-refractivity contribution < 1.29 is 19.3 Å². The molecule has 0 aromatic heterocycles. The molecule has 0 fully saturated rings. The summed E-state index contributed by atoms with van der Waals surface area (Å²) < 4.78 is 9.21. The van der Waals surface area contributed by atoms with E-state index in [0.29, 0.717) is 0 Å². The second-order valence-electron chi connectivity index (χ2n) is 1.90. The van der Waals surface area contributed by atoms with Crippen molar-refractivity contribution in [1.82, 2.24) is 0 Å². The third-order valence-corrected chi connectivity index (χ3v) is 2.24. The van der Waals surface area contributed by atoms with Gasteiger partial charge in [-0.15, -0.1) is 0 Å². The summed E-state index contributed by atoms with van der Waals surface area (Å²) in [4.78, 5) is 17.8. The molecule has 0 spiro atoms. The molecule has 9 heavy (non-hydrogen) atoms. The first-order valence-corrected chi connectivity index (χ1v) is 5.00. The average molecular weight is 156 g/mol. The van der Waals surface area contributed by atoms with Crippen LogP contribution in [0.15, 0.2) is 0 Å². The van der Waals surface area contributed by atoms with Gasteiger partial charge in [0.05, 0.1) is 0 Å². The molecule has 0 rings (SSSR count). The van der Waals surface area contributed by atoms with Crippen LogP contribution in [0.4, 0.5) is 0 Å². The minimum atomic E-state index is -3.23. The van der Waals surface area contributed by atoms with Gasteiger partial charge in [-0.25, -0.2) is 0 Å². The van der Waals surface area contributed by atoms with Gasteiger partial charge < -0.3 is 0 Å². The van der Waals surface area contributed by atoms with Crippen LogP contribution >= 0.6 is 7.72 Å². The molecule has 0 aliphatic heterocycles. The summed E-state index contributed by atoms with van der Waals surface area (Å²) in [7, 11) is -0.497. The van der Waals surface area contributed by atoms with Gasteiger partial charge in [0.1, 0.15) is 0 Å². The third kappa shape index (κ3) is 3.08.